The molecule has 1 N–H and O–H groups in total. The SMILES string of the molecule is Cc1cc(C)c(C)c(S[C@H](C)C(=O)NCc2ccc3c(c2)OCO3)c1C. The fourth-order valence-corrected chi connectivity index (χ4v) is 4.19. The van der Waals surface area contributed by atoms with Gasteiger partial charge in [0.2, 0.25) is 12.7 Å². The molecule has 1 heterocycles. The average Bonchev–Trinajstić information content (AvgIpc) is 3.09. The van der Waals surface area contributed by atoms with Gasteiger partial charge in [-0.1, -0.05) is 12.1 Å². The maximum atomic E-state index is 12.6. The van der Waals surface area contributed by atoms with Gasteiger partial charge in [0.15, 0.2) is 11.5 Å². The lowest BCUT2D eigenvalue weighted by Crippen LogP contribution is -2.30. The number of fused-ring (bicyclic) bond motifs is 1. The first kappa shape index (κ1) is 18.6. The van der Waals surface area contributed by atoms with Crippen molar-refractivity contribution in [3.8, 4) is 11.5 Å². The van der Waals surface area contributed by atoms with Crippen LogP contribution in [0.5, 0.6) is 11.5 Å². The first-order valence-electron chi connectivity index (χ1n) is 8.77. The molecule has 0 spiro atoms. The van der Waals surface area contributed by atoms with E-state index in [4.69, 9.17) is 9.47 Å². The Labute approximate surface area is 159 Å². The summed E-state index contributed by atoms with van der Waals surface area (Å²) in [4.78, 5) is 13.8. The minimum atomic E-state index is -0.164. The zero-order valence-corrected chi connectivity index (χ0v) is 16.8. The summed E-state index contributed by atoms with van der Waals surface area (Å²) < 4.78 is 10.7. The van der Waals surface area contributed by atoms with E-state index in [2.05, 4.69) is 39.1 Å². The Morgan fingerprint density at radius 3 is 2.42 bits per heavy atom. The number of rotatable bonds is 5. The van der Waals surface area contributed by atoms with E-state index in [1.807, 2.05) is 25.1 Å². The molecule has 0 aliphatic carbocycles. The first-order valence-corrected chi connectivity index (χ1v) is 9.65. The van der Waals surface area contributed by atoms with Gasteiger partial charge in [-0.25, -0.2) is 0 Å². The smallest absolute Gasteiger partial charge is 0.233 e. The van der Waals surface area contributed by atoms with Crippen molar-refractivity contribution in [2.75, 3.05) is 6.79 Å². The number of hydrogen-bond acceptors (Lipinski definition) is 4. The van der Waals surface area contributed by atoms with Gasteiger partial charge >= 0.3 is 0 Å². The molecule has 3 rings (SSSR count). The van der Waals surface area contributed by atoms with E-state index in [9.17, 15) is 4.79 Å². The predicted molar refractivity (Wildman–Crippen MR) is 105 cm³/mol. The number of ether oxygens (including phenoxy) is 2. The molecule has 1 amide bonds. The number of thioether (sulfide) groups is 1. The molecular weight excluding hydrogens is 346 g/mol. The van der Waals surface area contributed by atoms with Gasteiger partial charge < -0.3 is 14.8 Å². The van der Waals surface area contributed by atoms with Crippen LogP contribution in [0.3, 0.4) is 0 Å². The summed E-state index contributed by atoms with van der Waals surface area (Å²) in [6.07, 6.45) is 0. The molecule has 0 fully saturated rings. The zero-order valence-electron chi connectivity index (χ0n) is 15.9. The van der Waals surface area contributed by atoms with Crippen LogP contribution in [0.4, 0.5) is 0 Å². The van der Waals surface area contributed by atoms with Crippen molar-refractivity contribution in [1.29, 1.82) is 0 Å². The lowest BCUT2D eigenvalue weighted by Gasteiger charge is -2.18. The highest BCUT2D eigenvalue weighted by atomic mass is 32.2. The monoisotopic (exact) mass is 371 g/mol. The number of benzene rings is 2. The molecule has 0 unspecified atom stereocenters. The van der Waals surface area contributed by atoms with Gasteiger partial charge in [0.1, 0.15) is 0 Å². The number of aryl methyl sites for hydroxylation is 2. The van der Waals surface area contributed by atoms with Gasteiger partial charge in [0.25, 0.3) is 0 Å². The highest BCUT2D eigenvalue weighted by molar-refractivity contribution is 8.00. The Balaban J connectivity index is 1.64. The van der Waals surface area contributed by atoms with E-state index in [-0.39, 0.29) is 18.0 Å². The predicted octanol–water partition coefficient (Wildman–Crippen LogP) is 4.45. The molecule has 138 valence electrons. The van der Waals surface area contributed by atoms with Crippen LogP contribution in [0.2, 0.25) is 0 Å². The Hall–Kier alpha value is -2.14. The number of hydrogen-bond donors (Lipinski definition) is 1. The topological polar surface area (TPSA) is 47.6 Å². The average molecular weight is 372 g/mol. The number of carbonyl (C=O) groups excluding carboxylic acids is 1. The molecule has 0 saturated carbocycles. The zero-order chi connectivity index (χ0) is 18.8. The summed E-state index contributed by atoms with van der Waals surface area (Å²) in [6.45, 7) is 11.2. The van der Waals surface area contributed by atoms with E-state index >= 15 is 0 Å². The van der Waals surface area contributed by atoms with E-state index in [1.54, 1.807) is 11.8 Å². The largest absolute Gasteiger partial charge is 0.454 e. The van der Waals surface area contributed by atoms with Crippen molar-refractivity contribution in [1.82, 2.24) is 5.32 Å². The van der Waals surface area contributed by atoms with Crippen LogP contribution < -0.4 is 14.8 Å². The van der Waals surface area contributed by atoms with Crippen LogP contribution in [0.1, 0.15) is 34.7 Å². The maximum Gasteiger partial charge on any atom is 0.233 e. The normalized spacial score (nSPS) is 13.6. The highest BCUT2D eigenvalue weighted by Crippen LogP contribution is 2.34. The maximum absolute atomic E-state index is 12.6. The van der Waals surface area contributed by atoms with Crippen molar-refractivity contribution in [2.45, 2.75) is 51.3 Å². The molecule has 2 aromatic rings. The van der Waals surface area contributed by atoms with Crippen molar-refractivity contribution in [2.24, 2.45) is 0 Å². The third-order valence-corrected chi connectivity index (χ3v) is 6.28. The van der Waals surface area contributed by atoms with Gasteiger partial charge in [-0.2, -0.15) is 0 Å². The first-order chi connectivity index (χ1) is 12.4. The summed E-state index contributed by atoms with van der Waals surface area (Å²) in [6, 6.07) is 7.95. The summed E-state index contributed by atoms with van der Waals surface area (Å²) >= 11 is 1.63. The second-order valence-corrected chi connectivity index (χ2v) is 8.11. The summed E-state index contributed by atoms with van der Waals surface area (Å²) in [5.74, 6) is 1.52. The van der Waals surface area contributed by atoms with Crippen LogP contribution in [0, 0.1) is 27.7 Å². The van der Waals surface area contributed by atoms with Gasteiger partial charge in [0, 0.05) is 11.4 Å². The van der Waals surface area contributed by atoms with Crippen LogP contribution in [-0.4, -0.2) is 18.0 Å². The third kappa shape index (κ3) is 3.83. The molecule has 0 radical (unpaired) electrons. The van der Waals surface area contributed by atoms with Crippen molar-refractivity contribution in [3.05, 3.63) is 52.1 Å². The minimum absolute atomic E-state index is 0.0330. The standard InChI is InChI=1S/C21H25NO3S/c1-12-8-13(2)15(4)20(14(12)3)26-16(5)21(23)22-10-17-6-7-18-19(9-17)25-11-24-18/h6-9,16H,10-11H2,1-5H3,(H,22,23)/t16-/m1/s1. The van der Waals surface area contributed by atoms with Gasteiger partial charge in [0.05, 0.1) is 5.25 Å². The van der Waals surface area contributed by atoms with E-state index < -0.39 is 0 Å². The van der Waals surface area contributed by atoms with Gasteiger partial charge in [-0.3, -0.25) is 4.79 Å². The molecule has 1 atom stereocenters. The highest BCUT2D eigenvalue weighted by Gasteiger charge is 2.19. The molecule has 2 aromatic carbocycles. The van der Waals surface area contributed by atoms with Crippen molar-refractivity contribution in [3.63, 3.8) is 0 Å². The summed E-state index contributed by atoms with van der Waals surface area (Å²) in [5, 5.41) is 2.86. The number of amides is 1. The van der Waals surface area contributed by atoms with E-state index in [1.165, 1.54) is 27.1 Å². The molecule has 26 heavy (non-hydrogen) atoms. The molecule has 1 aliphatic rings. The Morgan fingerprint density at radius 1 is 1.08 bits per heavy atom. The van der Waals surface area contributed by atoms with Crippen LogP contribution in [0.15, 0.2) is 29.2 Å². The molecule has 4 nitrogen and oxygen atoms in total. The van der Waals surface area contributed by atoms with Crippen LogP contribution in [0.25, 0.3) is 0 Å². The Bertz CT molecular complexity index is 821. The van der Waals surface area contributed by atoms with E-state index in [0.29, 0.717) is 6.54 Å². The number of carbonyl (C=O) groups is 1. The molecule has 0 bridgehead atoms. The van der Waals surface area contributed by atoms with Crippen molar-refractivity contribution >= 4 is 17.7 Å². The third-order valence-electron chi connectivity index (χ3n) is 4.86. The minimum Gasteiger partial charge on any atom is -0.454 e. The summed E-state index contributed by atoms with van der Waals surface area (Å²) in [5.41, 5.74) is 6.05. The second kappa shape index (κ2) is 7.62. The van der Waals surface area contributed by atoms with Crippen LogP contribution in [-0.2, 0) is 11.3 Å². The molecular formula is C21H25NO3S. The van der Waals surface area contributed by atoms with Gasteiger partial charge in [-0.15, -0.1) is 11.8 Å². The number of nitrogens with one attached hydrogen (secondary N) is 1. The lowest BCUT2D eigenvalue weighted by atomic mass is 10.0. The Kier molecular flexibility index (Phi) is 5.47. The van der Waals surface area contributed by atoms with E-state index in [0.717, 1.165) is 17.1 Å². The second-order valence-electron chi connectivity index (χ2n) is 6.75. The fourth-order valence-electron chi connectivity index (χ4n) is 2.97. The fraction of sp³-hybridized carbons (Fsp3) is 0.381. The van der Waals surface area contributed by atoms with Crippen molar-refractivity contribution < 1.29 is 14.3 Å². The lowest BCUT2D eigenvalue weighted by molar-refractivity contribution is -0.120. The summed E-state index contributed by atoms with van der Waals surface area (Å²) in [7, 11) is 0. The quantitative estimate of drug-likeness (QED) is 0.789. The Morgan fingerprint density at radius 2 is 1.73 bits per heavy atom. The molecule has 5 heteroatoms. The molecule has 0 aromatic heterocycles. The van der Waals surface area contributed by atoms with Gasteiger partial charge in [-0.05, 0) is 74.6 Å². The molecule has 0 saturated heterocycles. The molecule has 1 aliphatic heterocycles. The van der Waals surface area contributed by atoms with Crippen LogP contribution >= 0.6 is 11.8 Å².